The molecule has 1 aliphatic rings. The number of halogens is 2. The predicted octanol–water partition coefficient (Wildman–Crippen LogP) is 6.02. The number of carbonyl (C=O) groups excluding carboxylic acids is 2. The van der Waals surface area contributed by atoms with Crippen molar-refractivity contribution in [1.29, 1.82) is 0 Å². The highest BCUT2D eigenvalue weighted by Gasteiger charge is 2.35. The summed E-state index contributed by atoms with van der Waals surface area (Å²) in [6.45, 7) is 6.91. The second kappa shape index (κ2) is 11.7. The molecular formula is C25H30Cl2N2O5. The van der Waals surface area contributed by atoms with E-state index in [4.69, 9.17) is 37.4 Å². The molecular weight excluding hydrogens is 479 g/mol. The average Bonchev–Trinajstić information content (AvgIpc) is 2.79. The van der Waals surface area contributed by atoms with E-state index in [1.807, 2.05) is 51.1 Å². The largest absolute Gasteiger partial charge is 0.492 e. The van der Waals surface area contributed by atoms with Crippen LogP contribution in [0.1, 0.15) is 32.8 Å². The number of amides is 2. The van der Waals surface area contributed by atoms with Gasteiger partial charge in [0.2, 0.25) is 0 Å². The maximum absolute atomic E-state index is 12.8. The topological polar surface area (TPSA) is 68.3 Å². The minimum absolute atomic E-state index is 0.187. The third-order valence-corrected chi connectivity index (χ3v) is 6.00. The number of hydrogen-bond donors (Lipinski definition) is 0. The van der Waals surface area contributed by atoms with E-state index >= 15 is 0 Å². The molecule has 0 saturated carbocycles. The molecule has 184 valence electrons. The Balaban J connectivity index is 1.63. The first-order valence-electron chi connectivity index (χ1n) is 11.2. The number of rotatable bonds is 6. The Hall–Kier alpha value is -2.64. The second-order valence-corrected chi connectivity index (χ2v) is 9.79. The van der Waals surface area contributed by atoms with Gasteiger partial charge in [-0.1, -0.05) is 59.6 Å². The van der Waals surface area contributed by atoms with Crippen LogP contribution in [-0.2, 0) is 16.1 Å². The SMILES string of the molecule is CC(C)(C)OC(=O)N1CCN(C(=O)OCc2ccccc2)C[C@H]1CCOc1cccc(Cl)c1Cl. The molecule has 1 fully saturated rings. The Morgan fingerprint density at radius 2 is 1.74 bits per heavy atom. The van der Waals surface area contributed by atoms with Gasteiger partial charge in [-0.15, -0.1) is 0 Å². The van der Waals surface area contributed by atoms with Crippen molar-refractivity contribution in [2.45, 2.75) is 45.4 Å². The molecule has 1 aliphatic heterocycles. The fourth-order valence-electron chi connectivity index (χ4n) is 3.54. The molecule has 1 atom stereocenters. The maximum Gasteiger partial charge on any atom is 0.410 e. The number of carbonyl (C=O) groups is 2. The van der Waals surface area contributed by atoms with Crippen LogP contribution in [-0.4, -0.2) is 59.9 Å². The van der Waals surface area contributed by atoms with Crippen LogP contribution in [0, 0.1) is 0 Å². The third kappa shape index (κ3) is 7.43. The molecule has 0 aromatic heterocycles. The van der Waals surface area contributed by atoms with Gasteiger partial charge in [0.05, 0.1) is 17.7 Å². The van der Waals surface area contributed by atoms with Crippen molar-refractivity contribution in [1.82, 2.24) is 9.80 Å². The summed E-state index contributed by atoms with van der Waals surface area (Å²) in [6, 6.07) is 14.3. The lowest BCUT2D eigenvalue weighted by molar-refractivity contribution is -0.00614. The van der Waals surface area contributed by atoms with Crippen molar-refractivity contribution in [2.75, 3.05) is 26.2 Å². The molecule has 34 heavy (non-hydrogen) atoms. The number of nitrogens with zero attached hydrogens (tertiary/aromatic N) is 2. The van der Waals surface area contributed by atoms with Crippen molar-refractivity contribution in [2.24, 2.45) is 0 Å². The molecule has 0 spiro atoms. The molecule has 0 radical (unpaired) electrons. The van der Waals surface area contributed by atoms with E-state index in [-0.39, 0.29) is 19.3 Å². The van der Waals surface area contributed by atoms with Crippen molar-refractivity contribution in [3.05, 3.63) is 64.1 Å². The predicted molar refractivity (Wildman–Crippen MR) is 132 cm³/mol. The number of benzene rings is 2. The third-order valence-electron chi connectivity index (χ3n) is 5.20. The summed E-state index contributed by atoms with van der Waals surface area (Å²) < 4.78 is 16.9. The smallest absolute Gasteiger partial charge is 0.410 e. The normalized spacial score (nSPS) is 16.2. The maximum atomic E-state index is 12.8. The zero-order valence-corrected chi connectivity index (χ0v) is 21.1. The standard InChI is InChI=1S/C25H30Cl2N2O5/c1-25(2,3)34-24(31)29-14-13-28(23(30)33-17-18-8-5-4-6-9-18)16-19(29)12-15-32-21-11-7-10-20(26)22(21)27/h4-11,19H,12-17H2,1-3H3/t19-/m1/s1. The minimum Gasteiger partial charge on any atom is -0.492 e. The first-order chi connectivity index (χ1) is 16.1. The first-order valence-corrected chi connectivity index (χ1v) is 11.9. The van der Waals surface area contributed by atoms with E-state index in [1.165, 1.54) is 0 Å². The van der Waals surface area contributed by atoms with Gasteiger partial charge in [-0.3, -0.25) is 0 Å². The van der Waals surface area contributed by atoms with E-state index in [0.29, 0.717) is 41.8 Å². The van der Waals surface area contributed by atoms with Gasteiger partial charge in [-0.05, 0) is 38.5 Å². The van der Waals surface area contributed by atoms with Gasteiger partial charge in [-0.2, -0.15) is 0 Å². The Morgan fingerprint density at radius 1 is 1.00 bits per heavy atom. The zero-order valence-electron chi connectivity index (χ0n) is 19.6. The van der Waals surface area contributed by atoms with E-state index in [0.717, 1.165) is 5.56 Å². The highest BCUT2D eigenvalue weighted by molar-refractivity contribution is 6.42. The van der Waals surface area contributed by atoms with Gasteiger partial charge in [0.15, 0.2) is 0 Å². The molecule has 1 heterocycles. The zero-order chi connectivity index (χ0) is 24.7. The summed E-state index contributed by atoms with van der Waals surface area (Å²) in [5, 5.41) is 0.738. The van der Waals surface area contributed by atoms with Crippen LogP contribution in [0.3, 0.4) is 0 Å². The van der Waals surface area contributed by atoms with Gasteiger partial charge in [0, 0.05) is 26.1 Å². The molecule has 2 aromatic rings. The Kier molecular flexibility index (Phi) is 8.91. The molecule has 0 unspecified atom stereocenters. The Labute approximate surface area is 210 Å². The monoisotopic (exact) mass is 508 g/mol. The number of hydrogen-bond acceptors (Lipinski definition) is 5. The summed E-state index contributed by atoms with van der Waals surface area (Å²) in [5.74, 6) is 0.466. The molecule has 1 saturated heterocycles. The quantitative estimate of drug-likeness (QED) is 0.477. The molecule has 9 heteroatoms. The van der Waals surface area contributed by atoms with E-state index in [2.05, 4.69) is 0 Å². The van der Waals surface area contributed by atoms with Gasteiger partial charge >= 0.3 is 12.2 Å². The summed E-state index contributed by atoms with van der Waals surface area (Å²) in [6.07, 6.45) is -0.378. The van der Waals surface area contributed by atoms with Crippen LogP contribution in [0.4, 0.5) is 9.59 Å². The van der Waals surface area contributed by atoms with Crippen molar-refractivity contribution in [3.63, 3.8) is 0 Å². The van der Waals surface area contributed by atoms with Crippen LogP contribution in [0.25, 0.3) is 0 Å². The van der Waals surface area contributed by atoms with E-state index in [1.54, 1.807) is 28.0 Å². The van der Waals surface area contributed by atoms with Crippen LogP contribution < -0.4 is 4.74 Å². The Morgan fingerprint density at radius 3 is 2.44 bits per heavy atom. The fraction of sp³-hybridized carbons (Fsp3) is 0.440. The van der Waals surface area contributed by atoms with Crippen LogP contribution in [0.2, 0.25) is 10.0 Å². The molecule has 2 aromatic carbocycles. The van der Waals surface area contributed by atoms with Gasteiger partial charge in [0.1, 0.15) is 23.0 Å². The van der Waals surface area contributed by atoms with Crippen LogP contribution in [0.5, 0.6) is 5.75 Å². The highest BCUT2D eigenvalue weighted by atomic mass is 35.5. The van der Waals surface area contributed by atoms with Gasteiger partial charge in [-0.25, -0.2) is 9.59 Å². The van der Waals surface area contributed by atoms with Gasteiger partial charge < -0.3 is 24.0 Å². The fourth-order valence-corrected chi connectivity index (χ4v) is 3.89. The lowest BCUT2D eigenvalue weighted by Crippen LogP contribution is -2.57. The number of piperazine rings is 1. The molecule has 0 aliphatic carbocycles. The van der Waals surface area contributed by atoms with Crippen molar-refractivity contribution >= 4 is 35.4 Å². The Bertz CT molecular complexity index is 981. The lowest BCUT2D eigenvalue weighted by Gasteiger charge is -2.41. The van der Waals surface area contributed by atoms with E-state index < -0.39 is 17.8 Å². The summed E-state index contributed by atoms with van der Waals surface area (Å²) in [5.41, 5.74) is 0.282. The van der Waals surface area contributed by atoms with Crippen molar-refractivity contribution in [3.8, 4) is 5.75 Å². The molecule has 2 amide bonds. The summed E-state index contributed by atoms with van der Waals surface area (Å²) in [4.78, 5) is 28.8. The molecule has 0 bridgehead atoms. The van der Waals surface area contributed by atoms with E-state index in [9.17, 15) is 9.59 Å². The second-order valence-electron chi connectivity index (χ2n) is 9.00. The highest BCUT2D eigenvalue weighted by Crippen LogP contribution is 2.31. The summed E-state index contributed by atoms with van der Waals surface area (Å²) >= 11 is 12.3. The molecule has 7 nitrogen and oxygen atoms in total. The lowest BCUT2D eigenvalue weighted by atomic mass is 10.1. The average molecular weight is 509 g/mol. The van der Waals surface area contributed by atoms with Crippen molar-refractivity contribution < 1.29 is 23.8 Å². The minimum atomic E-state index is -0.627. The summed E-state index contributed by atoms with van der Waals surface area (Å²) in [7, 11) is 0. The molecule has 0 N–H and O–H groups in total. The van der Waals surface area contributed by atoms with Crippen LogP contribution in [0.15, 0.2) is 48.5 Å². The van der Waals surface area contributed by atoms with Gasteiger partial charge in [0.25, 0.3) is 0 Å². The van der Waals surface area contributed by atoms with Crippen LogP contribution >= 0.6 is 23.2 Å². The first kappa shape index (κ1) is 26.0. The molecule has 3 rings (SSSR count). The number of ether oxygens (including phenoxy) is 3.